The molecule has 3 rings (SSSR count). The minimum atomic E-state index is -3.62. The van der Waals surface area contributed by atoms with Gasteiger partial charge < -0.3 is 4.90 Å². The van der Waals surface area contributed by atoms with Gasteiger partial charge in [0.1, 0.15) is 0 Å². The predicted octanol–water partition coefficient (Wildman–Crippen LogP) is 3.05. The molecule has 0 saturated heterocycles. The van der Waals surface area contributed by atoms with Crippen molar-refractivity contribution >= 4 is 33.4 Å². The third-order valence-electron chi connectivity index (χ3n) is 4.23. The van der Waals surface area contributed by atoms with Crippen LogP contribution in [0, 0.1) is 0 Å². The van der Waals surface area contributed by atoms with Crippen molar-refractivity contribution in [1.82, 2.24) is 4.72 Å². The second-order valence-electron chi connectivity index (χ2n) is 6.32. The molecule has 1 heterocycles. The number of fused-ring (bicyclic) bond motifs is 1. The standard InChI is InChI=1S/C19H22N2O3S2/c1-14-13-21(15(2)22)18-12-17(8-9-19(18)25-14)26(23,24)20-11-10-16-6-4-3-5-7-16/h3-9,12,14,20H,10-11,13H2,1-2H3/t14-/m0/s1. The molecule has 2 aromatic carbocycles. The van der Waals surface area contributed by atoms with E-state index in [1.165, 1.54) is 6.92 Å². The molecule has 0 spiro atoms. The van der Waals surface area contributed by atoms with Crippen molar-refractivity contribution in [3.05, 3.63) is 54.1 Å². The molecule has 0 radical (unpaired) electrons. The summed E-state index contributed by atoms with van der Waals surface area (Å²) in [6.07, 6.45) is 0.623. The molecule has 1 N–H and O–H groups in total. The number of nitrogens with zero attached hydrogens (tertiary/aromatic N) is 1. The summed E-state index contributed by atoms with van der Waals surface area (Å²) in [6, 6.07) is 14.7. The Morgan fingerprint density at radius 2 is 1.96 bits per heavy atom. The van der Waals surface area contributed by atoms with E-state index >= 15 is 0 Å². The Morgan fingerprint density at radius 1 is 1.23 bits per heavy atom. The van der Waals surface area contributed by atoms with Crippen LogP contribution in [0.25, 0.3) is 0 Å². The van der Waals surface area contributed by atoms with E-state index in [4.69, 9.17) is 0 Å². The molecule has 1 aliphatic rings. The van der Waals surface area contributed by atoms with Crippen molar-refractivity contribution in [1.29, 1.82) is 0 Å². The number of thioether (sulfide) groups is 1. The molecular formula is C19H22N2O3S2. The number of hydrogen-bond acceptors (Lipinski definition) is 4. The highest BCUT2D eigenvalue weighted by atomic mass is 32.2. The second kappa shape index (κ2) is 7.82. The molecule has 7 heteroatoms. The number of anilines is 1. The van der Waals surface area contributed by atoms with E-state index in [0.29, 0.717) is 25.2 Å². The molecule has 0 saturated carbocycles. The van der Waals surface area contributed by atoms with Gasteiger partial charge in [-0.05, 0) is 30.2 Å². The number of rotatable bonds is 5. The van der Waals surface area contributed by atoms with Crippen LogP contribution in [0.4, 0.5) is 5.69 Å². The van der Waals surface area contributed by atoms with E-state index in [1.54, 1.807) is 34.9 Å². The van der Waals surface area contributed by atoms with Gasteiger partial charge in [-0.3, -0.25) is 4.79 Å². The molecule has 26 heavy (non-hydrogen) atoms. The van der Waals surface area contributed by atoms with Crippen molar-refractivity contribution in [2.24, 2.45) is 0 Å². The van der Waals surface area contributed by atoms with Gasteiger partial charge in [0.2, 0.25) is 15.9 Å². The lowest BCUT2D eigenvalue weighted by molar-refractivity contribution is -0.116. The highest BCUT2D eigenvalue weighted by molar-refractivity contribution is 8.00. The lowest BCUT2D eigenvalue weighted by Gasteiger charge is -2.32. The number of benzene rings is 2. The summed E-state index contributed by atoms with van der Waals surface area (Å²) in [7, 11) is -3.62. The van der Waals surface area contributed by atoms with Gasteiger partial charge in [0, 0.05) is 30.2 Å². The molecule has 0 unspecified atom stereocenters. The van der Waals surface area contributed by atoms with E-state index in [1.807, 2.05) is 30.3 Å². The summed E-state index contributed by atoms with van der Waals surface area (Å²) in [5.74, 6) is -0.0787. The van der Waals surface area contributed by atoms with Crippen LogP contribution >= 0.6 is 11.8 Å². The normalized spacial score (nSPS) is 17.0. The molecule has 5 nitrogen and oxygen atoms in total. The number of amides is 1. The summed E-state index contributed by atoms with van der Waals surface area (Å²) in [5, 5.41) is 0.276. The van der Waals surface area contributed by atoms with Crippen LogP contribution in [-0.4, -0.2) is 32.7 Å². The van der Waals surface area contributed by atoms with Crippen LogP contribution in [0.5, 0.6) is 0 Å². The maximum absolute atomic E-state index is 12.6. The molecule has 0 bridgehead atoms. The Morgan fingerprint density at radius 3 is 2.65 bits per heavy atom. The van der Waals surface area contributed by atoms with Crippen LogP contribution < -0.4 is 9.62 Å². The minimum absolute atomic E-state index is 0.0787. The zero-order chi connectivity index (χ0) is 18.7. The molecule has 1 amide bonds. The van der Waals surface area contributed by atoms with Gasteiger partial charge in [-0.2, -0.15) is 0 Å². The molecule has 0 aliphatic carbocycles. The summed E-state index contributed by atoms with van der Waals surface area (Å²) < 4.78 is 27.9. The lowest BCUT2D eigenvalue weighted by Crippen LogP contribution is -2.37. The number of hydrogen-bond donors (Lipinski definition) is 1. The van der Waals surface area contributed by atoms with E-state index < -0.39 is 10.0 Å². The number of carbonyl (C=O) groups excluding carboxylic acids is 1. The largest absolute Gasteiger partial charge is 0.310 e. The summed E-state index contributed by atoms with van der Waals surface area (Å²) in [5.41, 5.74) is 1.75. The maximum atomic E-state index is 12.6. The Hall–Kier alpha value is -1.83. The molecule has 1 atom stereocenters. The first-order valence-electron chi connectivity index (χ1n) is 8.49. The van der Waals surface area contributed by atoms with Crippen LogP contribution in [-0.2, 0) is 21.2 Å². The molecular weight excluding hydrogens is 368 g/mol. The fourth-order valence-electron chi connectivity index (χ4n) is 2.94. The first kappa shape index (κ1) is 18.9. The maximum Gasteiger partial charge on any atom is 0.240 e. The molecule has 1 aliphatic heterocycles. The van der Waals surface area contributed by atoms with Crippen molar-refractivity contribution in [2.45, 2.75) is 35.3 Å². The first-order valence-corrected chi connectivity index (χ1v) is 10.9. The average Bonchev–Trinajstić information content (AvgIpc) is 2.61. The zero-order valence-corrected chi connectivity index (χ0v) is 16.4. The summed E-state index contributed by atoms with van der Waals surface area (Å²) in [6.45, 7) is 4.47. The number of nitrogens with one attached hydrogen (secondary N) is 1. The highest BCUT2D eigenvalue weighted by Gasteiger charge is 2.27. The Bertz CT molecular complexity index is 898. The molecule has 138 valence electrons. The topological polar surface area (TPSA) is 66.5 Å². The van der Waals surface area contributed by atoms with Crippen LogP contribution in [0.3, 0.4) is 0 Å². The third kappa shape index (κ3) is 4.28. The average molecular weight is 391 g/mol. The van der Waals surface area contributed by atoms with Gasteiger partial charge in [-0.1, -0.05) is 37.3 Å². The Kier molecular flexibility index (Phi) is 5.70. The van der Waals surface area contributed by atoms with Crippen molar-refractivity contribution < 1.29 is 13.2 Å². The van der Waals surface area contributed by atoms with E-state index in [0.717, 1.165) is 10.5 Å². The van der Waals surface area contributed by atoms with Gasteiger partial charge in [0.15, 0.2) is 0 Å². The predicted molar refractivity (Wildman–Crippen MR) is 105 cm³/mol. The van der Waals surface area contributed by atoms with E-state index in [2.05, 4.69) is 11.6 Å². The van der Waals surface area contributed by atoms with Crippen LogP contribution in [0.2, 0.25) is 0 Å². The number of sulfonamides is 1. The fraction of sp³-hybridized carbons (Fsp3) is 0.316. The molecule has 2 aromatic rings. The van der Waals surface area contributed by atoms with Gasteiger partial charge in [0.05, 0.1) is 10.6 Å². The third-order valence-corrected chi connectivity index (χ3v) is 6.84. The molecule has 0 fully saturated rings. The summed E-state index contributed by atoms with van der Waals surface area (Å²) in [4.78, 5) is 14.7. The SMILES string of the molecule is CC(=O)N1C[C@H](C)Sc2ccc(S(=O)(=O)NCCc3ccccc3)cc21. The van der Waals surface area contributed by atoms with Gasteiger partial charge in [-0.25, -0.2) is 13.1 Å². The van der Waals surface area contributed by atoms with Gasteiger partial charge in [0.25, 0.3) is 0 Å². The number of carbonyl (C=O) groups is 1. The Labute approximate surface area is 158 Å². The quantitative estimate of drug-likeness (QED) is 0.852. The lowest BCUT2D eigenvalue weighted by atomic mass is 10.2. The monoisotopic (exact) mass is 390 g/mol. The summed E-state index contributed by atoms with van der Waals surface area (Å²) >= 11 is 1.66. The van der Waals surface area contributed by atoms with Gasteiger partial charge >= 0.3 is 0 Å². The smallest absolute Gasteiger partial charge is 0.240 e. The van der Waals surface area contributed by atoms with Crippen molar-refractivity contribution in [2.75, 3.05) is 18.0 Å². The van der Waals surface area contributed by atoms with Gasteiger partial charge in [-0.15, -0.1) is 11.8 Å². The minimum Gasteiger partial charge on any atom is -0.310 e. The van der Waals surface area contributed by atoms with Crippen molar-refractivity contribution in [3.63, 3.8) is 0 Å². The van der Waals surface area contributed by atoms with Crippen molar-refractivity contribution in [3.8, 4) is 0 Å². The van der Waals surface area contributed by atoms with E-state index in [9.17, 15) is 13.2 Å². The second-order valence-corrected chi connectivity index (χ2v) is 9.57. The zero-order valence-electron chi connectivity index (χ0n) is 14.8. The van der Waals surface area contributed by atoms with Crippen LogP contribution in [0.15, 0.2) is 58.3 Å². The van der Waals surface area contributed by atoms with E-state index in [-0.39, 0.29) is 16.1 Å². The molecule has 0 aromatic heterocycles. The Balaban J connectivity index is 1.78. The fourth-order valence-corrected chi connectivity index (χ4v) is 5.09. The van der Waals surface area contributed by atoms with Crippen LogP contribution in [0.1, 0.15) is 19.4 Å². The highest BCUT2D eigenvalue weighted by Crippen LogP contribution is 2.39. The first-order chi connectivity index (χ1) is 12.4.